The van der Waals surface area contributed by atoms with E-state index in [-0.39, 0.29) is 12.5 Å². The van der Waals surface area contributed by atoms with E-state index < -0.39 is 18.6 Å². The van der Waals surface area contributed by atoms with Crippen LogP contribution in [0.3, 0.4) is 0 Å². The van der Waals surface area contributed by atoms with Crippen LogP contribution in [0, 0.1) is 0 Å². The zero-order valence-electron chi connectivity index (χ0n) is 7.90. The van der Waals surface area contributed by atoms with Crippen LogP contribution >= 0.6 is 0 Å². The van der Waals surface area contributed by atoms with E-state index in [1.807, 2.05) is 0 Å². The third kappa shape index (κ3) is 3.17. The van der Waals surface area contributed by atoms with Crippen LogP contribution in [0.15, 0.2) is 0 Å². The number of hydrogen-bond donors (Lipinski definition) is 1. The van der Waals surface area contributed by atoms with E-state index in [2.05, 4.69) is 5.32 Å². The number of amides is 1. The van der Waals surface area contributed by atoms with E-state index in [0.717, 1.165) is 0 Å². The predicted octanol–water partition coefficient (Wildman–Crippen LogP) is 0.759. The molecule has 1 aliphatic rings. The Morgan fingerprint density at radius 2 is 2.21 bits per heavy atom. The van der Waals surface area contributed by atoms with Crippen LogP contribution in [0.5, 0.6) is 0 Å². The molecule has 1 saturated heterocycles. The van der Waals surface area contributed by atoms with Crippen LogP contribution in [-0.4, -0.2) is 43.2 Å². The lowest BCUT2D eigenvalue weighted by molar-refractivity contribution is -0.136. The minimum atomic E-state index is -4.15. The summed E-state index contributed by atoms with van der Waals surface area (Å²) in [5, 5.41) is 2.61. The third-order valence-corrected chi connectivity index (χ3v) is 2.23. The summed E-state index contributed by atoms with van der Waals surface area (Å²) in [6.45, 7) is 0.427. The Morgan fingerprint density at radius 3 is 2.64 bits per heavy atom. The fourth-order valence-corrected chi connectivity index (χ4v) is 1.40. The highest BCUT2D eigenvalue weighted by molar-refractivity contribution is 5.83. The molecule has 0 spiro atoms. The molecule has 3 nitrogen and oxygen atoms in total. The number of likely N-dealkylation sites (N-methyl/N-ethyl adjacent to an activating group) is 1. The standard InChI is InChI=1S/C8H13F3N2O/c1-13-5-2-6(7(13)14)12-4-3-8(9,10)11/h6,12H,2-5H2,1H3. The molecule has 1 rings (SSSR count). The van der Waals surface area contributed by atoms with Gasteiger partial charge in [-0.2, -0.15) is 13.2 Å². The molecule has 1 N–H and O–H groups in total. The van der Waals surface area contributed by atoms with Crippen LogP contribution in [0.4, 0.5) is 13.2 Å². The Labute approximate surface area is 80.3 Å². The van der Waals surface area contributed by atoms with Crippen molar-refractivity contribution in [2.24, 2.45) is 0 Å². The second-order valence-electron chi connectivity index (χ2n) is 3.42. The number of nitrogens with zero attached hydrogens (tertiary/aromatic N) is 1. The van der Waals surface area contributed by atoms with Gasteiger partial charge in [0.05, 0.1) is 12.5 Å². The molecule has 1 amide bonds. The SMILES string of the molecule is CN1CCC(NCCC(F)(F)F)C1=O. The number of rotatable bonds is 3. The average Bonchev–Trinajstić information content (AvgIpc) is 2.33. The van der Waals surface area contributed by atoms with Gasteiger partial charge in [0.25, 0.3) is 0 Å². The molecule has 6 heteroatoms. The van der Waals surface area contributed by atoms with Gasteiger partial charge in [-0.15, -0.1) is 0 Å². The van der Waals surface area contributed by atoms with Crippen molar-refractivity contribution >= 4 is 5.91 Å². The molecule has 0 aromatic heterocycles. The lowest BCUT2D eigenvalue weighted by Gasteiger charge is -2.12. The molecule has 82 valence electrons. The van der Waals surface area contributed by atoms with Crippen molar-refractivity contribution in [3.8, 4) is 0 Å². The summed E-state index contributed by atoms with van der Waals surface area (Å²) in [6.07, 6.45) is -4.45. The Hall–Kier alpha value is -0.780. The zero-order valence-corrected chi connectivity index (χ0v) is 7.90. The number of carbonyl (C=O) groups is 1. The maximum atomic E-state index is 11.8. The predicted molar refractivity (Wildman–Crippen MR) is 44.7 cm³/mol. The Morgan fingerprint density at radius 1 is 1.57 bits per heavy atom. The van der Waals surface area contributed by atoms with Crippen molar-refractivity contribution < 1.29 is 18.0 Å². The number of hydrogen-bond acceptors (Lipinski definition) is 2. The first-order valence-electron chi connectivity index (χ1n) is 4.45. The maximum Gasteiger partial charge on any atom is 0.390 e. The van der Waals surface area contributed by atoms with Gasteiger partial charge in [0.15, 0.2) is 0 Å². The van der Waals surface area contributed by atoms with Crippen molar-refractivity contribution in [3.05, 3.63) is 0 Å². The van der Waals surface area contributed by atoms with E-state index in [1.165, 1.54) is 4.90 Å². The van der Waals surface area contributed by atoms with Crippen LogP contribution in [0.2, 0.25) is 0 Å². The average molecular weight is 210 g/mol. The van der Waals surface area contributed by atoms with Gasteiger partial charge in [0, 0.05) is 20.1 Å². The van der Waals surface area contributed by atoms with Gasteiger partial charge in [-0.25, -0.2) is 0 Å². The van der Waals surface area contributed by atoms with Gasteiger partial charge in [0.1, 0.15) is 0 Å². The summed E-state index contributed by atoms with van der Waals surface area (Å²) in [5.41, 5.74) is 0. The number of halogens is 3. The van der Waals surface area contributed by atoms with Crippen LogP contribution in [-0.2, 0) is 4.79 Å². The molecule has 1 aliphatic heterocycles. The van der Waals surface area contributed by atoms with Crippen LogP contribution in [0.25, 0.3) is 0 Å². The fourth-order valence-electron chi connectivity index (χ4n) is 1.40. The summed E-state index contributed by atoms with van der Waals surface area (Å²) in [7, 11) is 1.65. The number of nitrogens with one attached hydrogen (secondary N) is 1. The molecule has 1 unspecified atom stereocenters. The molecular formula is C8H13F3N2O. The first-order valence-corrected chi connectivity index (χ1v) is 4.45. The van der Waals surface area contributed by atoms with E-state index >= 15 is 0 Å². The lowest BCUT2D eigenvalue weighted by atomic mass is 10.2. The third-order valence-electron chi connectivity index (χ3n) is 2.23. The first-order chi connectivity index (χ1) is 6.40. The van der Waals surface area contributed by atoms with Crippen molar-refractivity contribution in [2.75, 3.05) is 20.1 Å². The molecule has 0 radical (unpaired) electrons. The summed E-state index contributed by atoms with van der Waals surface area (Å²) in [5.74, 6) is -0.118. The topological polar surface area (TPSA) is 32.3 Å². The Balaban J connectivity index is 2.23. The zero-order chi connectivity index (χ0) is 10.8. The van der Waals surface area contributed by atoms with Crippen molar-refractivity contribution in [1.82, 2.24) is 10.2 Å². The van der Waals surface area contributed by atoms with Gasteiger partial charge in [-0.1, -0.05) is 0 Å². The molecule has 14 heavy (non-hydrogen) atoms. The largest absolute Gasteiger partial charge is 0.390 e. The monoisotopic (exact) mass is 210 g/mol. The number of carbonyl (C=O) groups excluding carboxylic acids is 1. The highest BCUT2D eigenvalue weighted by atomic mass is 19.4. The number of likely N-dealkylation sites (tertiary alicyclic amines) is 1. The normalized spacial score (nSPS) is 23.3. The first kappa shape index (κ1) is 11.3. The van der Waals surface area contributed by atoms with Gasteiger partial charge in [-0.05, 0) is 6.42 Å². The quantitative estimate of drug-likeness (QED) is 0.745. The van der Waals surface area contributed by atoms with E-state index in [9.17, 15) is 18.0 Å². The number of alkyl halides is 3. The lowest BCUT2D eigenvalue weighted by Crippen LogP contribution is -2.38. The van der Waals surface area contributed by atoms with Crippen LogP contribution in [0.1, 0.15) is 12.8 Å². The van der Waals surface area contributed by atoms with Crippen molar-refractivity contribution in [1.29, 1.82) is 0 Å². The summed E-state index contributed by atoms with van der Waals surface area (Å²) < 4.78 is 35.3. The smallest absolute Gasteiger partial charge is 0.344 e. The molecule has 0 aromatic carbocycles. The van der Waals surface area contributed by atoms with Gasteiger partial charge in [0.2, 0.25) is 5.91 Å². The molecule has 1 fully saturated rings. The fraction of sp³-hybridized carbons (Fsp3) is 0.875. The van der Waals surface area contributed by atoms with Gasteiger partial charge >= 0.3 is 6.18 Å². The summed E-state index contributed by atoms with van der Waals surface area (Å²) in [4.78, 5) is 12.8. The molecule has 0 bridgehead atoms. The molecule has 1 heterocycles. The highest BCUT2D eigenvalue weighted by Gasteiger charge is 2.31. The van der Waals surface area contributed by atoms with E-state index in [1.54, 1.807) is 7.05 Å². The van der Waals surface area contributed by atoms with E-state index in [0.29, 0.717) is 13.0 Å². The second-order valence-corrected chi connectivity index (χ2v) is 3.42. The summed E-state index contributed by atoms with van der Waals surface area (Å²) in [6, 6.07) is -0.428. The van der Waals surface area contributed by atoms with Crippen LogP contribution < -0.4 is 5.32 Å². The van der Waals surface area contributed by atoms with Crippen molar-refractivity contribution in [3.63, 3.8) is 0 Å². The second kappa shape index (κ2) is 4.16. The molecule has 0 aromatic rings. The highest BCUT2D eigenvalue weighted by Crippen LogP contribution is 2.18. The Bertz CT molecular complexity index is 217. The molecule has 1 atom stereocenters. The minimum absolute atomic E-state index is 0.118. The molecule has 0 saturated carbocycles. The van der Waals surface area contributed by atoms with Gasteiger partial charge in [-0.3, -0.25) is 4.79 Å². The van der Waals surface area contributed by atoms with Crippen molar-refractivity contribution in [2.45, 2.75) is 25.1 Å². The minimum Gasteiger partial charge on any atom is -0.344 e. The summed E-state index contributed by atoms with van der Waals surface area (Å²) >= 11 is 0. The van der Waals surface area contributed by atoms with Gasteiger partial charge < -0.3 is 10.2 Å². The van der Waals surface area contributed by atoms with E-state index in [4.69, 9.17) is 0 Å². The maximum absolute atomic E-state index is 11.8. The Kier molecular flexibility index (Phi) is 3.36. The molecular weight excluding hydrogens is 197 g/mol. The molecule has 0 aliphatic carbocycles.